The van der Waals surface area contributed by atoms with Gasteiger partial charge in [-0.1, -0.05) is 18.2 Å². The number of thiophene rings is 1. The Morgan fingerprint density at radius 3 is 2.50 bits per heavy atom. The van der Waals surface area contributed by atoms with Crippen LogP contribution in [0.5, 0.6) is 0 Å². The summed E-state index contributed by atoms with van der Waals surface area (Å²) in [6, 6.07) is 14.1. The Balaban J connectivity index is 1.24. The van der Waals surface area contributed by atoms with E-state index in [0.29, 0.717) is 36.6 Å². The largest absolute Gasteiger partial charge is 0.417 e. The van der Waals surface area contributed by atoms with Crippen molar-refractivity contribution in [2.45, 2.75) is 32.0 Å². The summed E-state index contributed by atoms with van der Waals surface area (Å²) in [6.45, 7) is 3.15. The van der Waals surface area contributed by atoms with Crippen molar-refractivity contribution in [3.63, 3.8) is 0 Å². The molecule has 10 heteroatoms. The van der Waals surface area contributed by atoms with Crippen molar-refractivity contribution in [2.75, 3.05) is 18.0 Å². The van der Waals surface area contributed by atoms with Gasteiger partial charge in [-0.25, -0.2) is 9.67 Å². The molecule has 4 aromatic rings. The summed E-state index contributed by atoms with van der Waals surface area (Å²) in [5, 5.41) is 8.69. The molecule has 1 amide bonds. The predicted octanol–water partition coefficient (Wildman–Crippen LogP) is 5.21. The molecule has 1 aliphatic rings. The lowest BCUT2D eigenvalue weighted by atomic mass is 10.0. The van der Waals surface area contributed by atoms with Crippen molar-refractivity contribution in [3.05, 3.63) is 70.9 Å². The molecule has 34 heavy (non-hydrogen) atoms. The van der Waals surface area contributed by atoms with E-state index in [1.54, 1.807) is 0 Å². The van der Waals surface area contributed by atoms with Gasteiger partial charge in [-0.05, 0) is 50.1 Å². The van der Waals surface area contributed by atoms with Crippen LogP contribution in [0.15, 0.2) is 54.7 Å². The lowest BCUT2D eigenvalue weighted by Gasteiger charge is -2.33. The number of nitrogens with zero attached hydrogens (tertiary/aromatic N) is 4. The molecule has 0 atom stereocenters. The third-order valence-electron chi connectivity index (χ3n) is 6.00. The number of aryl methyl sites for hydroxylation is 1. The minimum absolute atomic E-state index is 0.00451. The maximum absolute atomic E-state index is 13.0. The molecule has 0 spiro atoms. The number of hydrogen-bond donors (Lipinski definition) is 1. The normalized spacial score (nSPS) is 15.1. The standard InChI is InChI=1S/C24H22F3N5OS/c1-15-19-13-20(34-23(19)32(30-15)18-5-3-2-4-6-18)22(33)29-17-9-11-31(12-10-17)21-8-7-16(14-28-21)24(25,26)27/h2-8,13-14,17H,9-12H2,1H3,(H,29,33). The Labute approximate surface area is 198 Å². The van der Waals surface area contributed by atoms with E-state index in [0.717, 1.165) is 33.9 Å². The Kier molecular flexibility index (Phi) is 5.76. The summed E-state index contributed by atoms with van der Waals surface area (Å²) in [5.41, 5.74) is 1.05. The van der Waals surface area contributed by atoms with Crippen molar-refractivity contribution < 1.29 is 18.0 Å². The van der Waals surface area contributed by atoms with E-state index in [1.807, 2.05) is 52.9 Å². The van der Waals surface area contributed by atoms with E-state index in [-0.39, 0.29) is 11.9 Å². The van der Waals surface area contributed by atoms with Crippen molar-refractivity contribution in [1.29, 1.82) is 0 Å². The highest BCUT2D eigenvalue weighted by Crippen LogP contribution is 2.31. The summed E-state index contributed by atoms with van der Waals surface area (Å²) in [4.78, 5) is 20.4. The third kappa shape index (κ3) is 4.37. The van der Waals surface area contributed by atoms with Crippen molar-refractivity contribution >= 4 is 33.3 Å². The number of alkyl halides is 3. The van der Waals surface area contributed by atoms with E-state index < -0.39 is 11.7 Å². The molecule has 1 saturated heterocycles. The molecule has 0 bridgehead atoms. The second-order valence-corrected chi connectivity index (χ2v) is 9.33. The first kappa shape index (κ1) is 22.4. The zero-order chi connectivity index (χ0) is 23.9. The fraction of sp³-hybridized carbons (Fsp3) is 0.292. The van der Waals surface area contributed by atoms with Gasteiger partial charge in [-0.15, -0.1) is 11.3 Å². The average molecular weight is 486 g/mol. The molecule has 6 nitrogen and oxygen atoms in total. The number of rotatable bonds is 4. The van der Waals surface area contributed by atoms with Crippen molar-refractivity contribution in [3.8, 4) is 5.69 Å². The first-order chi connectivity index (χ1) is 16.3. The fourth-order valence-electron chi connectivity index (χ4n) is 4.15. The molecule has 0 aliphatic carbocycles. The quantitative estimate of drug-likeness (QED) is 0.431. The Bertz CT molecular complexity index is 1310. The minimum atomic E-state index is -4.40. The number of anilines is 1. The van der Waals surface area contributed by atoms with Crippen molar-refractivity contribution in [1.82, 2.24) is 20.1 Å². The molecule has 0 radical (unpaired) electrons. The van der Waals surface area contributed by atoms with Gasteiger partial charge in [0.2, 0.25) is 0 Å². The van der Waals surface area contributed by atoms with Gasteiger partial charge in [0.05, 0.1) is 21.8 Å². The molecule has 1 aromatic carbocycles. The number of para-hydroxylation sites is 1. The van der Waals surface area contributed by atoms with Gasteiger partial charge in [-0.2, -0.15) is 18.3 Å². The van der Waals surface area contributed by atoms with E-state index in [2.05, 4.69) is 15.4 Å². The smallest absolute Gasteiger partial charge is 0.356 e. The number of carbonyl (C=O) groups excluding carboxylic acids is 1. The van der Waals surface area contributed by atoms with E-state index in [4.69, 9.17) is 0 Å². The number of nitrogens with one attached hydrogen (secondary N) is 1. The van der Waals surface area contributed by atoms with Gasteiger partial charge in [-0.3, -0.25) is 4.79 Å². The Hall–Kier alpha value is -3.40. The van der Waals surface area contributed by atoms with Crippen LogP contribution in [0.4, 0.5) is 19.0 Å². The van der Waals surface area contributed by atoms with E-state index in [1.165, 1.54) is 17.4 Å². The highest BCUT2D eigenvalue weighted by Gasteiger charge is 2.31. The lowest BCUT2D eigenvalue weighted by molar-refractivity contribution is -0.137. The van der Waals surface area contributed by atoms with Gasteiger partial charge >= 0.3 is 6.18 Å². The molecular formula is C24H22F3N5OS. The number of aromatic nitrogens is 3. The molecule has 0 unspecified atom stereocenters. The number of amides is 1. The van der Waals surface area contributed by atoms with Gasteiger partial charge in [0.15, 0.2) is 0 Å². The molecular weight excluding hydrogens is 463 g/mol. The van der Waals surface area contributed by atoms with Gasteiger partial charge in [0.1, 0.15) is 10.6 Å². The molecule has 1 N–H and O–H groups in total. The number of carbonyl (C=O) groups is 1. The first-order valence-electron chi connectivity index (χ1n) is 10.9. The van der Waals surface area contributed by atoms with Crippen LogP contribution in [0.2, 0.25) is 0 Å². The van der Waals surface area contributed by atoms with Crippen LogP contribution in [-0.4, -0.2) is 39.8 Å². The maximum Gasteiger partial charge on any atom is 0.417 e. The first-order valence-corrected chi connectivity index (χ1v) is 11.7. The number of pyridine rings is 1. The Morgan fingerprint density at radius 2 is 1.85 bits per heavy atom. The highest BCUT2D eigenvalue weighted by atomic mass is 32.1. The monoisotopic (exact) mass is 485 g/mol. The van der Waals surface area contributed by atoms with E-state index in [9.17, 15) is 18.0 Å². The minimum Gasteiger partial charge on any atom is -0.356 e. The second-order valence-electron chi connectivity index (χ2n) is 8.30. The summed E-state index contributed by atoms with van der Waals surface area (Å²) in [5.74, 6) is 0.398. The number of benzene rings is 1. The molecule has 4 heterocycles. The number of halogens is 3. The predicted molar refractivity (Wildman–Crippen MR) is 126 cm³/mol. The van der Waals surface area contributed by atoms with Gasteiger partial charge in [0.25, 0.3) is 5.91 Å². The van der Waals surface area contributed by atoms with Crippen LogP contribution in [0.3, 0.4) is 0 Å². The summed E-state index contributed by atoms with van der Waals surface area (Å²) >= 11 is 1.41. The molecule has 1 aliphatic heterocycles. The van der Waals surface area contributed by atoms with Crippen LogP contribution in [0.25, 0.3) is 15.9 Å². The van der Waals surface area contributed by atoms with Crippen LogP contribution in [-0.2, 0) is 6.18 Å². The SMILES string of the molecule is Cc1nn(-c2ccccc2)c2sc(C(=O)NC3CCN(c4ccc(C(F)(F)F)cn4)CC3)cc12. The van der Waals surface area contributed by atoms with Gasteiger partial charge < -0.3 is 10.2 Å². The highest BCUT2D eigenvalue weighted by molar-refractivity contribution is 7.20. The maximum atomic E-state index is 13.0. The number of hydrogen-bond acceptors (Lipinski definition) is 5. The number of fused-ring (bicyclic) bond motifs is 1. The summed E-state index contributed by atoms with van der Waals surface area (Å²) in [7, 11) is 0. The molecule has 3 aromatic heterocycles. The summed E-state index contributed by atoms with van der Waals surface area (Å²) < 4.78 is 40.1. The van der Waals surface area contributed by atoms with E-state index >= 15 is 0 Å². The van der Waals surface area contributed by atoms with Crippen LogP contribution >= 0.6 is 11.3 Å². The molecule has 1 fully saturated rings. The lowest BCUT2D eigenvalue weighted by Crippen LogP contribution is -2.44. The topological polar surface area (TPSA) is 63.1 Å². The van der Waals surface area contributed by atoms with Crippen molar-refractivity contribution in [2.24, 2.45) is 0 Å². The van der Waals surface area contributed by atoms with Gasteiger partial charge in [0, 0.05) is 30.7 Å². The number of piperidine rings is 1. The second kappa shape index (κ2) is 8.75. The zero-order valence-electron chi connectivity index (χ0n) is 18.3. The Morgan fingerprint density at radius 1 is 1.12 bits per heavy atom. The average Bonchev–Trinajstić information content (AvgIpc) is 3.40. The van der Waals surface area contributed by atoms with Crippen LogP contribution in [0, 0.1) is 6.92 Å². The fourth-order valence-corrected chi connectivity index (χ4v) is 5.24. The summed E-state index contributed by atoms with van der Waals surface area (Å²) in [6.07, 6.45) is -2.15. The van der Waals surface area contributed by atoms with Crippen LogP contribution in [0.1, 0.15) is 33.8 Å². The molecule has 5 rings (SSSR count). The zero-order valence-corrected chi connectivity index (χ0v) is 19.2. The third-order valence-corrected chi connectivity index (χ3v) is 7.11. The molecule has 176 valence electrons. The van der Waals surface area contributed by atoms with Crippen LogP contribution < -0.4 is 10.2 Å². The molecule has 0 saturated carbocycles.